The van der Waals surface area contributed by atoms with Crippen molar-refractivity contribution in [3.63, 3.8) is 0 Å². The van der Waals surface area contributed by atoms with Crippen molar-refractivity contribution in [2.24, 2.45) is 0 Å². The summed E-state index contributed by atoms with van der Waals surface area (Å²) in [5.41, 5.74) is 1.54. The number of anilines is 1. The molecule has 0 unspecified atom stereocenters. The van der Waals surface area contributed by atoms with Crippen LogP contribution < -0.4 is 10.1 Å². The molecule has 1 heterocycles. The Morgan fingerprint density at radius 1 is 1.10 bits per heavy atom. The van der Waals surface area contributed by atoms with Crippen molar-refractivity contribution in [1.29, 1.82) is 0 Å². The van der Waals surface area contributed by atoms with E-state index in [9.17, 15) is 18.0 Å². The van der Waals surface area contributed by atoms with Gasteiger partial charge in [0.25, 0.3) is 5.91 Å². The number of rotatable bonds is 7. The fourth-order valence-corrected chi connectivity index (χ4v) is 4.43. The minimum Gasteiger partial charge on any atom is -0.495 e. The molecule has 0 saturated carbocycles. The number of carbonyl (C=O) groups excluding carboxylic acids is 2. The summed E-state index contributed by atoms with van der Waals surface area (Å²) in [6.45, 7) is 2.64. The fourth-order valence-electron chi connectivity index (χ4n) is 3.02. The molecule has 3 rings (SSSR count). The summed E-state index contributed by atoms with van der Waals surface area (Å²) in [5.74, 6) is -0.771. The number of benzene rings is 2. The van der Waals surface area contributed by atoms with Crippen LogP contribution in [0.25, 0.3) is 0 Å². The molecule has 1 N–H and O–H groups in total. The molecular weight excluding hydrogens is 424 g/mol. The zero-order valence-electron chi connectivity index (χ0n) is 17.3. The molecule has 0 spiro atoms. The van der Waals surface area contributed by atoms with Gasteiger partial charge in [-0.05, 0) is 48.9 Å². The summed E-state index contributed by atoms with van der Waals surface area (Å²) in [5, 5.41) is 2.64. The van der Waals surface area contributed by atoms with Crippen molar-refractivity contribution in [3.8, 4) is 5.75 Å². The van der Waals surface area contributed by atoms with Crippen molar-refractivity contribution in [1.82, 2.24) is 4.31 Å². The second-order valence-electron chi connectivity index (χ2n) is 6.87. The van der Waals surface area contributed by atoms with Gasteiger partial charge in [-0.25, -0.2) is 13.2 Å². The number of aryl methyl sites for hydroxylation is 1. The molecule has 0 radical (unpaired) electrons. The average Bonchev–Trinajstić information content (AvgIpc) is 2.78. The van der Waals surface area contributed by atoms with Crippen LogP contribution in [0.15, 0.2) is 47.4 Å². The molecule has 2 aromatic rings. The van der Waals surface area contributed by atoms with Gasteiger partial charge < -0.3 is 19.5 Å². The van der Waals surface area contributed by atoms with Gasteiger partial charge in [0.1, 0.15) is 5.75 Å². The Balaban J connectivity index is 1.58. The van der Waals surface area contributed by atoms with E-state index < -0.39 is 28.5 Å². The smallest absolute Gasteiger partial charge is 0.338 e. The first-order valence-corrected chi connectivity index (χ1v) is 11.0. The summed E-state index contributed by atoms with van der Waals surface area (Å²) in [6, 6.07) is 10.7. The van der Waals surface area contributed by atoms with Crippen LogP contribution in [0, 0.1) is 6.92 Å². The molecule has 31 heavy (non-hydrogen) atoms. The number of nitrogens with one attached hydrogen (secondary N) is 1. The second kappa shape index (κ2) is 9.90. The Bertz CT molecular complexity index is 1050. The number of esters is 1. The zero-order valence-corrected chi connectivity index (χ0v) is 18.1. The van der Waals surface area contributed by atoms with Crippen molar-refractivity contribution in [3.05, 3.63) is 53.6 Å². The predicted molar refractivity (Wildman–Crippen MR) is 113 cm³/mol. The first-order chi connectivity index (χ1) is 14.8. The van der Waals surface area contributed by atoms with Crippen LogP contribution in [-0.2, 0) is 24.3 Å². The molecule has 0 atom stereocenters. The van der Waals surface area contributed by atoms with Crippen LogP contribution in [-0.4, -0.2) is 64.6 Å². The van der Waals surface area contributed by atoms with Crippen molar-refractivity contribution < 1.29 is 32.2 Å². The molecule has 10 heteroatoms. The van der Waals surface area contributed by atoms with Crippen LogP contribution in [0.1, 0.15) is 15.9 Å². The van der Waals surface area contributed by atoms with Crippen LogP contribution in [0.2, 0.25) is 0 Å². The van der Waals surface area contributed by atoms with Crippen molar-refractivity contribution >= 4 is 27.6 Å². The molecule has 1 saturated heterocycles. The van der Waals surface area contributed by atoms with Crippen molar-refractivity contribution in [2.45, 2.75) is 11.8 Å². The summed E-state index contributed by atoms with van der Waals surface area (Å²) in [6.07, 6.45) is 0. The summed E-state index contributed by atoms with van der Waals surface area (Å²) in [4.78, 5) is 24.5. The highest BCUT2D eigenvalue weighted by Crippen LogP contribution is 2.25. The van der Waals surface area contributed by atoms with Crippen molar-refractivity contribution in [2.75, 3.05) is 45.3 Å². The van der Waals surface area contributed by atoms with Crippen LogP contribution in [0.3, 0.4) is 0 Å². The Hall–Kier alpha value is -2.95. The lowest BCUT2D eigenvalue weighted by Crippen LogP contribution is -2.40. The highest BCUT2D eigenvalue weighted by molar-refractivity contribution is 7.89. The van der Waals surface area contributed by atoms with Gasteiger partial charge in [-0.15, -0.1) is 0 Å². The molecule has 9 nitrogen and oxygen atoms in total. The lowest BCUT2D eigenvalue weighted by atomic mass is 10.2. The van der Waals surface area contributed by atoms with E-state index in [0.29, 0.717) is 24.7 Å². The third-order valence-electron chi connectivity index (χ3n) is 4.66. The monoisotopic (exact) mass is 448 g/mol. The number of carbonyl (C=O) groups is 2. The third kappa shape index (κ3) is 5.60. The van der Waals surface area contributed by atoms with E-state index in [1.54, 1.807) is 12.1 Å². The maximum atomic E-state index is 12.6. The number of hydrogen-bond donors (Lipinski definition) is 1. The highest BCUT2D eigenvalue weighted by Gasteiger charge is 2.26. The minimum atomic E-state index is -3.65. The number of amides is 1. The van der Waals surface area contributed by atoms with Gasteiger partial charge in [0.05, 0.1) is 36.5 Å². The quantitative estimate of drug-likeness (QED) is 0.643. The van der Waals surface area contributed by atoms with E-state index in [2.05, 4.69) is 5.32 Å². The van der Waals surface area contributed by atoms with Gasteiger partial charge in [0.2, 0.25) is 10.0 Å². The maximum Gasteiger partial charge on any atom is 0.338 e. The SMILES string of the molecule is COc1ccc(C)cc1NC(=O)COC(=O)c1ccc(S(=O)(=O)N2CCOCC2)cc1. The molecular formula is C21H24N2O7S. The molecule has 166 valence electrons. The number of ether oxygens (including phenoxy) is 3. The normalized spacial score (nSPS) is 14.6. The molecule has 1 aliphatic heterocycles. The lowest BCUT2D eigenvalue weighted by molar-refractivity contribution is -0.119. The molecule has 0 aromatic heterocycles. The number of nitrogens with zero attached hydrogens (tertiary/aromatic N) is 1. The maximum absolute atomic E-state index is 12.6. The van der Waals surface area contributed by atoms with E-state index in [-0.39, 0.29) is 23.5 Å². The van der Waals surface area contributed by atoms with E-state index in [1.165, 1.54) is 35.7 Å². The summed E-state index contributed by atoms with van der Waals surface area (Å²) < 4.78 is 42.0. The van der Waals surface area contributed by atoms with E-state index in [0.717, 1.165) is 5.56 Å². The molecule has 1 amide bonds. The fraction of sp³-hybridized carbons (Fsp3) is 0.333. The molecule has 1 aliphatic rings. The number of sulfonamides is 1. The number of morpholine rings is 1. The van der Waals surface area contributed by atoms with Gasteiger partial charge >= 0.3 is 5.97 Å². The van der Waals surface area contributed by atoms with E-state index in [1.807, 2.05) is 13.0 Å². The number of hydrogen-bond acceptors (Lipinski definition) is 7. The minimum absolute atomic E-state index is 0.0789. The molecule has 1 fully saturated rings. The standard InChI is InChI=1S/C21H24N2O7S/c1-15-3-8-19(28-2)18(13-15)22-20(24)14-30-21(25)16-4-6-17(7-5-16)31(26,27)23-9-11-29-12-10-23/h3-8,13H,9-12,14H2,1-2H3,(H,22,24). The Morgan fingerprint density at radius 2 is 1.77 bits per heavy atom. The lowest BCUT2D eigenvalue weighted by Gasteiger charge is -2.26. The Morgan fingerprint density at radius 3 is 2.42 bits per heavy atom. The Labute approximate surface area is 181 Å². The Kier molecular flexibility index (Phi) is 7.26. The predicted octanol–water partition coefficient (Wildman–Crippen LogP) is 1.82. The average molecular weight is 448 g/mol. The highest BCUT2D eigenvalue weighted by atomic mass is 32.2. The first kappa shape index (κ1) is 22.7. The van der Waals surface area contributed by atoms with Crippen LogP contribution in [0.5, 0.6) is 5.75 Å². The largest absolute Gasteiger partial charge is 0.495 e. The van der Waals surface area contributed by atoms with Gasteiger partial charge in [-0.2, -0.15) is 4.31 Å². The molecule has 0 aliphatic carbocycles. The topological polar surface area (TPSA) is 111 Å². The van der Waals surface area contributed by atoms with Gasteiger partial charge in [-0.3, -0.25) is 4.79 Å². The van der Waals surface area contributed by atoms with Gasteiger partial charge in [0.15, 0.2) is 6.61 Å². The summed E-state index contributed by atoms with van der Waals surface area (Å²) >= 11 is 0. The van der Waals surface area contributed by atoms with E-state index in [4.69, 9.17) is 14.2 Å². The number of methoxy groups -OCH3 is 1. The van der Waals surface area contributed by atoms with Gasteiger partial charge in [-0.1, -0.05) is 6.07 Å². The molecule has 0 bridgehead atoms. The zero-order chi connectivity index (χ0) is 22.4. The second-order valence-corrected chi connectivity index (χ2v) is 8.81. The summed E-state index contributed by atoms with van der Waals surface area (Å²) in [7, 11) is -2.16. The van der Waals surface area contributed by atoms with Gasteiger partial charge in [0, 0.05) is 13.1 Å². The third-order valence-corrected chi connectivity index (χ3v) is 6.57. The molecule has 2 aromatic carbocycles. The van der Waals surface area contributed by atoms with E-state index >= 15 is 0 Å². The first-order valence-electron chi connectivity index (χ1n) is 9.61. The van der Waals surface area contributed by atoms with Crippen LogP contribution in [0.4, 0.5) is 5.69 Å². The van der Waals surface area contributed by atoms with Crippen LogP contribution >= 0.6 is 0 Å².